The first-order valence-corrected chi connectivity index (χ1v) is 13.5. The van der Waals surface area contributed by atoms with Gasteiger partial charge in [0.1, 0.15) is 12.6 Å². The van der Waals surface area contributed by atoms with Gasteiger partial charge in [-0.05, 0) is 48.2 Å². The van der Waals surface area contributed by atoms with E-state index >= 15 is 0 Å². The van der Waals surface area contributed by atoms with Crippen LogP contribution in [0, 0.1) is 11.8 Å². The van der Waals surface area contributed by atoms with E-state index in [9.17, 15) is 9.59 Å². The Bertz CT molecular complexity index is 1510. The van der Waals surface area contributed by atoms with E-state index in [1.807, 2.05) is 24.3 Å². The van der Waals surface area contributed by atoms with E-state index in [-0.39, 0.29) is 25.9 Å². The number of ether oxygens (including phenoxy) is 7. The summed E-state index contributed by atoms with van der Waals surface area (Å²) in [5, 5.41) is 8.28. The SMILES string of the molecule is COc1cc([C@@H]2c3cc4c(cc3[C@H](OC(=O)Cn3cc(C5CC5)nn3)[C@H]3COC(=O)[C@H]23)OCO4)cc(OC)c1OC. The van der Waals surface area contributed by atoms with Gasteiger partial charge in [-0.2, -0.15) is 0 Å². The fourth-order valence-corrected chi connectivity index (χ4v) is 6.21. The highest BCUT2D eigenvalue weighted by Gasteiger charge is 2.54. The number of fused-ring (bicyclic) bond motifs is 3. The summed E-state index contributed by atoms with van der Waals surface area (Å²) in [7, 11) is 4.61. The molecule has 3 heterocycles. The molecule has 2 aromatic carbocycles. The van der Waals surface area contributed by atoms with Gasteiger partial charge in [-0.25, -0.2) is 4.68 Å². The summed E-state index contributed by atoms with van der Waals surface area (Å²) in [6.45, 7) is 0.0755. The number of hydrogen-bond acceptors (Lipinski definition) is 11. The van der Waals surface area contributed by atoms with Gasteiger partial charge in [0.05, 0.1) is 39.5 Å². The number of esters is 2. The Morgan fingerprint density at radius 1 is 0.976 bits per heavy atom. The number of cyclic esters (lactones) is 1. The third-order valence-electron chi connectivity index (χ3n) is 8.27. The number of benzene rings is 2. The monoisotopic (exact) mass is 563 g/mol. The molecule has 1 aromatic heterocycles. The van der Waals surface area contributed by atoms with Crippen LogP contribution in [0.15, 0.2) is 30.5 Å². The molecule has 0 unspecified atom stereocenters. The number of hydrogen-bond donors (Lipinski definition) is 0. The van der Waals surface area contributed by atoms with Crippen LogP contribution in [0.2, 0.25) is 0 Å². The molecule has 0 radical (unpaired) electrons. The van der Waals surface area contributed by atoms with Crippen LogP contribution >= 0.6 is 0 Å². The first kappa shape index (κ1) is 25.5. The van der Waals surface area contributed by atoms with Crippen molar-refractivity contribution >= 4 is 11.9 Å². The zero-order valence-corrected chi connectivity index (χ0v) is 22.8. The van der Waals surface area contributed by atoms with Crippen LogP contribution in [0.4, 0.5) is 0 Å². The third-order valence-corrected chi connectivity index (χ3v) is 8.27. The van der Waals surface area contributed by atoms with E-state index in [0.717, 1.165) is 35.2 Å². The molecule has 214 valence electrons. The van der Waals surface area contributed by atoms with Crippen LogP contribution in [0.5, 0.6) is 28.7 Å². The van der Waals surface area contributed by atoms with Crippen molar-refractivity contribution in [2.75, 3.05) is 34.7 Å². The Hall–Kier alpha value is -4.48. The van der Waals surface area contributed by atoms with Gasteiger partial charge in [-0.3, -0.25) is 9.59 Å². The number of rotatable bonds is 8. The fraction of sp³-hybridized carbons (Fsp3) is 0.448. The summed E-state index contributed by atoms with van der Waals surface area (Å²) in [6, 6.07) is 7.35. The lowest BCUT2D eigenvalue weighted by Crippen LogP contribution is -2.37. The molecule has 4 atom stereocenters. The second-order valence-electron chi connectivity index (χ2n) is 10.6. The van der Waals surface area contributed by atoms with Gasteiger partial charge in [0.15, 0.2) is 23.0 Å². The van der Waals surface area contributed by atoms with Gasteiger partial charge in [-0.15, -0.1) is 5.10 Å². The summed E-state index contributed by atoms with van der Waals surface area (Å²) in [5.74, 6) is 0.446. The Labute approximate surface area is 235 Å². The molecule has 7 rings (SSSR count). The van der Waals surface area contributed by atoms with Crippen LogP contribution in [0.3, 0.4) is 0 Å². The minimum absolute atomic E-state index is 0.0715. The van der Waals surface area contributed by atoms with E-state index in [1.54, 1.807) is 20.4 Å². The average molecular weight is 564 g/mol. The Balaban J connectivity index is 1.30. The molecule has 3 aromatic rings. The van der Waals surface area contributed by atoms with E-state index in [1.165, 1.54) is 11.8 Å². The zero-order valence-electron chi connectivity index (χ0n) is 22.8. The number of aromatic nitrogens is 3. The predicted octanol–water partition coefficient (Wildman–Crippen LogP) is 3.13. The van der Waals surface area contributed by atoms with Crippen molar-refractivity contribution in [2.24, 2.45) is 11.8 Å². The molecule has 0 N–H and O–H groups in total. The second-order valence-corrected chi connectivity index (χ2v) is 10.6. The predicted molar refractivity (Wildman–Crippen MR) is 139 cm³/mol. The largest absolute Gasteiger partial charge is 0.493 e. The summed E-state index contributed by atoms with van der Waals surface area (Å²) in [5.41, 5.74) is 3.13. The highest BCUT2D eigenvalue weighted by molar-refractivity contribution is 5.79. The second kappa shape index (κ2) is 9.86. The Kier molecular flexibility index (Phi) is 6.13. The Morgan fingerprint density at radius 3 is 2.34 bits per heavy atom. The molecular weight excluding hydrogens is 534 g/mol. The van der Waals surface area contributed by atoms with Crippen LogP contribution < -0.4 is 23.7 Å². The molecule has 0 amide bonds. The van der Waals surface area contributed by atoms with Crippen molar-refractivity contribution in [3.63, 3.8) is 0 Å². The van der Waals surface area contributed by atoms with E-state index in [0.29, 0.717) is 34.7 Å². The highest BCUT2D eigenvalue weighted by atomic mass is 16.7. The van der Waals surface area contributed by atoms with E-state index in [2.05, 4.69) is 10.3 Å². The van der Waals surface area contributed by atoms with Crippen LogP contribution in [-0.2, 0) is 25.6 Å². The van der Waals surface area contributed by atoms with Crippen molar-refractivity contribution in [2.45, 2.75) is 37.3 Å². The van der Waals surface area contributed by atoms with E-state index in [4.69, 9.17) is 33.2 Å². The summed E-state index contributed by atoms with van der Waals surface area (Å²) >= 11 is 0. The average Bonchev–Trinajstić information content (AvgIpc) is 3.35. The van der Waals surface area contributed by atoms with Crippen LogP contribution in [0.25, 0.3) is 0 Å². The lowest BCUT2D eigenvalue weighted by atomic mass is 9.66. The first-order chi connectivity index (χ1) is 20.0. The molecule has 12 nitrogen and oxygen atoms in total. The molecule has 1 saturated heterocycles. The number of nitrogens with zero attached hydrogens (tertiary/aromatic N) is 3. The normalized spacial score (nSPS) is 23.8. The number of carbonyl (C=O) groups excluding carboxylic acids is 2. The lowest BCUT2D eigenvalue weighted by molar-refractivity contribution is -0.155. The van der Waals surface area contributed by atoms with Crippen LogP contribution in [0.1, 0.15) is 53.2 Å². The highest BCUT2D eigenvalue weighted by Crippen LogP contribution is 2.56. The topological polar surface area (TPSA) is 129 Å². The molecule has 41 heavy (non-hydrogen) atoms. The van der Waals surface area contributed by atoms with Gasteiger partial charge in [0, 0.05) is 29.5 Å². The van der Waals surface area contributed by atoms with Gasteiger partial charge < -0.3 is 33.2 Å². The molecule has 0 spiro atoms. The third kappa shape index (κ3) is 4.28. The fourth-order valence-electron chi connectivity index (χ4n) is 6.21. The maximum atomic E-state index is 13.3. The molecule has 2 aliphatic carbocycles. The van der Waals surface area contributed by atoms with Crippen molar-refractivity contribution in [1.29, 1.82) is 0 Å². The number of carbonyl (C=O) groups is 2. The van der Waals surface area contributed by atoms with Gasteiger partial charge in [0.25, 0.3) is 0 Å². The molecule has 0 bridgehead atoms. The van der Waals surface area contributed by atoms with E-state index < -0.39 is 29.8 Å². The summed E-state index contributed by atoms with van der Waals surface area (Å²) in [6.07, 6.45) is 3.20. The van der Waals surface area contributed by atoms with Crippen molar-refractivity contribution < 1.29 is 42.7 Å². The molecular formula is C29H29N3O9. The maximum absolute atomic E-state index is 13.3. The lowest BCUT2D eigenvalue weighted by Gasteiger charge is -2.38. The number of methoxy groups -OCH3 is 3. The van der Waals surface area contributed by atoms with Crippen LogP contribution in [-0.4, -0.2) is 61.7 Å². The van der Waals surface area contributed by atoms with Crippen molar-refractivity contribution in [3.8, 4) is 28.7 Å². The van der Waals surface area contributed by atoms with Crippen molar-refractivity contribution in [3.05, 3.63) is 52.8 Å². The smallest absolute Gasteiger partial charge is 0.328 e. The quantitative estimate of drug-likeness (QED) is 0.375. The maximum Gasteiger partial charge on any atom is 0.328 e. The standard InChI is InChI=1S/C29H29N3O9/c1-35-22-6-15(7-23(36-2)28(22)37-3)25-16-8-20-21(40-13-39-20)9-17(16)27(18-12-38-29(34)26(18)25)41-24(33)11-32-10-19(30-31-32)14-4-5-14/h6-10,14,18,25-27H,4-5,11-13H2,1-3H3/t18-,25+,26-,27-/m0/s1. The van der Waals surface area contributed by atoms with Gasteiger partial charge in [0.2, 0.25) is 12.5 Å². The first-order valence-electron chi connectivity index (χ1n) is 13.5. The molecule has 2 aliphatic heterocycles. The molecule has 4 aliphatic rings. The molecule has 1 saturated carbocycles. The summed E-state index contributed by atoms with van der Waals surface area (Å²) < 4.78 is 41.3. The van der Waals surface area contributed by atoms with Crippen molar-refractivity contribution in [1.82, 2.24) is 15.0 Å². The minimum atomic E-state index is -0.756. The van der Waals surface area contributed by atoms with Gasteiger partial charge >= 0.3 is 11.9 Å². The summed E-state index contributed by atoms with van der Waals surface area (Å²) in [4.78, 5) is 26.6. The zero-order chi connectivity index (χ0) is 28.2. The molecule has 12 heteroatoms. The Morgan fingerprint density at radius 2 is 1.68 bits per heavy atom. The minimum Gasteiger partial charge on any atom is -0.493 e. The van der Waals surface area contributed by atoms with Gasteiger partial charge in [-0.1, -0.05) is 5.21 Å². The molecule has 2 fully saturated rings.